The number of nitrogens with zero attached hydrogens (tertiary/aromatic N) is 5. The van der Waals surface area contributed by atoms with Crippen LogP contribution in [0, 0.1) is 5.92 Å². The minimum absolute atomic E-state index is 0.110. The fourth-order valence-corrected chi connectivity index (χ4v) is 2.98. The summed E-state index contributed by atoms with van der Waals surface area (Å²) in [5.41, 5.74) is 8.59. The summed E-state index contributed by atoms with van der Waals surface area (Å²) in [6, 6.07) is 5.57. The minimum Gasteiger partial charge on any atom is -0.507 e. The van der Waals surface area contributed by atoms with Gasteiger partial charge in [0.15, 0.2) is 5.82 Å². The molecule has 1 aliphatic rings. The van der Waals surface area contributed by atoms with Gasteiger partial charge in [-0.1, -0.05) is 6.58 Å². The molecule has 7 nitrogen and oxygen atoms in total. The highest BCUT2D eigenvalue weighted by atomic mass is 16.3. The van der Waals surface area contributed by atoms with Crippen molar-refractivity contribution >= 4 is 5.57 Å². The third-order valence-corrected chi connectivity index (χ3v) is 4.58. The van der Waals surface area contributed by atoms with Crippen molar-refractivity contribution in [3.8, 4) is 22.7 Å². The number of hydrogen-bond acceptors (Lipinski definition) is 6. The Labute approximate surface area is 144 Å². The molecule has 1 aliphatic carbocycles. The Morgan fingerprint density at radius 2 is 2.12 bits per heavy atom. The third-order valence-electron chi connectivity index (χ3n) is 4.58. The maximum absolute atomic E-state index is 10.3. The molecule has 4 rings (SSSR count). The van der Waals surface area contributed by atoms with E-state index in [1.54, 1.807) is 30.9 Å². The maximum Gasteiger partial charge on any atom is 0.177 e. The fraction of sp³-hybridized carbons (Fsp3) is 0.222. The second-order valence-electron chi connectivity index (χ2n) is 6.29. The SMILES string of the molecule is C=C(c1ncc(-c2ccc(-n3ccnc3)cc2O)nn1)C1CC(N)C1. The molecule has 0 aliphatic heterocycles. The minimum atomic E-state index is 0.110. The zero-order chi connectivity index (χ0) is 17.4. The Morgan fingerprint density at radius 1 is 1.28 bits per heavy atom. The van der Waals surface area contributed by atoms with E-state index in [1.165, 1.54) is 0 Å². The number of rotatable bonds is 4. The van der Waals surface area contributed by atoms with Crippen LogP contribution in [0.5, 0.6) is 5.75 Å². The highest BCUT2D eigenvalue weighted by Gasteiger charge is 2.29. The average molecular weight is 334 g/mol. The van der Waals surface area contributed by atoms with Gasteiger partial charge in [0.25, 0.3) is 0 Å². The number of phenols is 1. The number of nitrogens with two attached hydrogens (primary N) is 1. The summed E-state index contributed by atoms with van der Waals surface area (Å²) in [7, 11) is 0. The van der Waals surface area contributed by atoms with Gasteiger partial charge < -0.3 is 15.4 Å². The Bertz CT molecular complexity index is 898. The van der Waals surface area contributed by atoms with Gasteiger partial charge in [0.2, 0.25) is 0 Å². The van der Waals surface area contributed by atoms with E-state index < -0.39 is 0 Å². The average Bonchev–Trinajstić information content (AvgIpc) is 3.13. The van der Waals surface area contributed by atoms with Crippen molar-refractivity contribution in [2.24, 2.45) is 11.7 Å². The molecule has 7 heteroatoms. The van der Waals surface area contributed by atoms with Gasteiger partial charge in [0.1, 0.15) is 11.4 Å². The fourth-order valence-electron chi connectivity index (χ4n) is 2.98. The maximum atomic E-state index is 10.3. The Hall–Kier alpha value is -3.06. The summed E-state index contributed by atoms with van der Waals surface area (Å²) in [5, 5.41) is 18.7. The lowest BCUT2D eigenvalue weighted by Crippen LogP contribution is -2.36. The van der Waals surface area contributed by atoms with Crippen LogP contribution in [0.4, 0.5) is 0 Å². The van der Waals surface area contributed by atoms with Crippen molar-refractivity contribution in [3.05, 3.63) is 55.5 Å². The molecule has 0 radical (unpaired) electrons. The number of aromatic nitrogens is 5. The van der Waals surface area contributed by atoms with Gasteiger partial charge in [0.05, 0.1) is 18.2 Å². The van der Waals surface area contributed by atoms with Gasteiger partial charge in [-0.2, -0.15) is 0 Å². The first kappa shape index (κ1) is 15.5. The molecule has 3 aromatic rings. The number of benzene rings is 1. The molecule has 126 valence electrons. The summed E-state index contributed by atoms with van der Waals surface area (Å²) >= 11 is 0. The smallest absolute Gasteiger partial charge is 0.177 e. The van der Waals surface area contributed by atoms with Gasteiger partial charge in [-0.3, -0.25) is 0 Å². The Kier molecular flexibility index (Phi) is 3.77. The molecule has 0 spiro atoms. The number of phenolic OH excluding ortho intramolecular Hbond substituents is 1. The van der Waals surface area contributed by atoms with E-state index >= 15 is 0 Å². The van der Waals surface area contributed by atoms with Gasteiger partial charge in [-0.25, -0.2) is 9.97 Å². The van der Waals surface area contributed by atoms with Crippen LogP contribution in [0.2, 0.25) is 0 Å². The number of imidazole rings is 1. The van der Waals surface area contributed by atoms with Crippen molar-refractivity contribution in [1.82, 2.24) is 24.7 Å². The lowest BCUT2D eigenvalue weighted by Gasteiger charge is -2.33. The van der Waals surface area contributed by atoms with E-state index in [2.05, 4.69) is 26.7 Å². The van der Waals surface area contributed by atoms with Gasteiger partial charge in [-0.05, 0) is 36.5 Å². The van der Waals surface area contributed by atoms with Crippen LogP contribution in [0.1, 0.15) is 18.7 Å². The summed E-state index contributed by atoms with van der Waals surface area (Å²) in [5.74, 6) is 0.986. The molecule has 1 fully saturated rings. The summed E-state index contributed by atoms with van der Waals surface area (Å²) in [6.07, 6.45) is 8.60. The van der Waals surface area contributed by atoms with E-state index in [9.17, 15) is 5.11 Å². The first-order valence-corrected chi connectivity index (χ1v) is 8.08. The van der Waals surface area contributed by atoms with Crippen LogP contribution in [0.15, 0.2) is 49.7 Å². The van der Waals surface area contributed by atoms with Crippen LogP contribution in [-0.4, -0.2) is 35.9 Å². The van der Waals surface area contributed by atoms with Gasteiger partial charge in [-0.15, -0.1) is 10.2 Å². The highest BCUT2D eigenvalue weighted by molar-refractivity contribution is 5.68. The molecule has 0 atom stereocenters. The molecule has 0 unspecified atom stereocenters. The lowest BCUT2D eigenvalue weighted by atomic mass is 9.76. The number of aromatic hydroxyl groups is 1. The summed E-state index contributed by atoms with van der Waals surface area (Å²) in [4.78, 5) is 8.35. The second-order valence-corrected chi connectivity index (χ2v) is 6.29. The molecular weight excluding hydrogens is 316 g/mol. The molecule has 0 saturated heterocycles. The highest BCUT2D eigenvalue weighted by Crippen LogP contribution is 2.36. The van der Waals surface area contributed by atoms with Gasteiger partial charge in [0, 0.05) is 30.1 Å². The molecule has 1 aromatic carbocycles. The predicted octanol–water partition coefficient (Wildman–Crippen LogP) is 2.18. The van der Waals surface area contributed by atoms with Crippen LogP contribution >= 0.6 is 0 Å². The predicted molar refractivity (Wildman–Crippen MR) is 93.8 cm³/mol. The van der Waals surface area contributed by atoms with Crippen LogP contribution in [0.25, 0.3) is 22.5 Å². The molecule has 2 heterocycles. The zero-order valence-electron chi connectivity index (χ0n) is 13.6. The first-order valence-electron chi connectivity index (χ1n) is 8.08. The van der Waals surface area contributed by atoms with Gasteiger partial charge >= 0.3 is 0 Å². The van der Waals surface area contributed by atoms with Crippen molar-refractivity contribution in [2.45, 2.75) is 18.9 Å². The van der Waals surface area contributed by atoms with E-state index in [1.807, 2.05) is 16.8 Å². The quantitative estimate of drug-likeness (QED) is 0.758. The largest absolute Gasteiger partial charge is 0.507 e. The van der Waals surface area contributed by atoms with Crippen LogP contribution < -0.4 is 5.73 Å². The molecule has 2 aromatic heterocycles. The molecule has 3 N–H and O–H groups in total. The number of hydrogen-bond donors (Lipinski definition) is 2. The third kappa shape index (κ3) is 2.89. The Morgan fingerprint density at radius 3 is 2.72 bits per heavy atom. The topological polar surface area (TPSA) is 103 Å². The van der Waals surface area contributed by atoms with Crippen LogP contribution in [-0.2, 0) is 0 Å². The number of allylic oxidation sites excluding steroid dienone is 1. The Balaban J connectivity index is 1.57. The second kappa shape index (κ2) is 6.10. The zero-order valence-corrected chi connectivity index (χ0v) is 13.6. The standard InChI is InChI=1S/C18H18N6O/c1-11(12-6-13(19)7-12)18-21-9-16(22-23-18)15-3-2-14(8-17(15)25)24-5-4-20-10-24/h2-5,8-10,12-13,25H,1,6-7,19H2. The monoisotopic (exact) mass is 334 g/mol. The lowest BCUT2D eigenvalue weighted by molar-refractivity contribution is 0.333. The van der Waals surface area contributed by atoms with Crippen molar-refractivity contribution in [1.29, 1.82) is 0 Å². The molecule has 1 saturated carbocycles. The normalized spacial score (nSPS) is 19.4. The summed E-state index contributed by atoms with van der Waals surface area (Å²) < 4.78 is 1.81. The van der Waals surface area contributed by atoms with E-state index in [0.29, 0.717) is 23.0 Å². The van der Waals surface area contributed by atoms with Crippen molar-refractivity contribution in [3.63, 3.8) is 0 Å². The van der Waals surface area contributed by atoms with E-state index in [4.69, 9.17) is 5.73 Å². The molecule has 0 bridgehead atoms. The molecule has 25 heavy (non-hydrogen) atoms. The van der Waals surface area contributed by atoms with Crippen LogP contribution in [0.3, 0.4) is 0 Å². The van der Waals surface area contributed by atoms with Crippen molar-refractivity contribution in [2.75, 3.05) is 0 Å². The van der Waals surface area contributed by atoms with E-state index in [0.717, 1.165) is 24.1 Å². The summed E-state index contributed by atoms with van der Waals surface area (Å²) in [6.45, 7) is 4.06. The van der Waals surface area contributed by atoms with E-state index in [-0.39, 0.29) is 11.8 Å². The molecule has 0 amide bonds. The van der Waals surface area contributed by atoms with Crippen molar-refractivity contribution < 1.29 is 5.11 Å². The first-order chi connectivity index (χ1) is 12.1. The molecular formula is C18H18N6O.